The topological polar surface area (TPSA) is 96.4 Å². The number of anilines is 1. The maximum atomic E-state index is 12.9. The summed E-state index contributed by atoms with van der Waals surface area (Å²) in [6.45, 7) is 2.57. The summed E-state index contributed by atoms with van der Waals surface area (Å²) in [7, 11) is -3.85. The van der Waals surface area contributed by atoms with Crippen LogP contribution in [0.1, 0.15) is 17.4 Å². The Bertz CT molecular complexity index is 1530. The Morgan fingerprint density at radius 3 is 2.57 bits per heavy atom. The van der Waals surface area contributed by atoms with Gasteiger partial charge in [0, 0.05) is 28.9 Å². The van der Waals surface area contributed by atoms with E-state index in [0.29, 0.717) is 29.5 Å². The van der Waals surface area contributed by atoms with Crippen LogP contribution in [-0.2, 0) is 32.4 Å². The largest absolute Gasteiger partial charge is 0.337 e. The number of hydrogen-bond acceptors (Lipinski definition) is 7. The first-order chi connectivity index (χ1) is 16.7. The molecule has 0 saturated heterocycles. The number of carbonyl (C=O) groups is 2. The molecular formula is C24H20ClN3O4S3. The van der Waals surface area contributed by atoms with Crippen LogP contribution in [0.15, 0.2) is 53.4 Å². The van der Waals surface area contributed by atoms with Gasteiger partial charge in [0.15, 0.2) is 9.84 Å². The molecule has 2 amide bonds. The van der Waals surface area contributed by atoms with Gasteiger partial charge in [-0.1, -0.05) is 23.7 Å². The summed E-state index contributed by atoms with van der Waals surface area (Å²) >= 11 is 8.75. The minimum atomic E-state index is -3.85. The number of amides is 2. The van der Waals surface area contributed by atoms with E-state index >= 15 is 0 Å². The van der Waals surface area contributed by atoms with E-state index in [-0.39, 0.29) is 10.8 Å². The summed E-state index contributed by atoms with van der Waals surface area (Å²) in [6.07, 6.45) is 0.635. The summed E-state index contributed by atoms with van der Waals surface area (Å²) in [5.74, 6) is -1.34. The van der Waals surface area contributed by atoms with Crippen molar-refractivity contribution in [3.05, 3.63) is 64.0 Å². The Morgan fingerprint density at radius 2 is 1.86 bits per heavy atom. The highest BCUT2D eigenvalue weighted by molar-refractivity contribution is 7.92. The highest BCUT2D eigenvalue weighted by Gasteiger charge is 2.29. The minimum Gasteiger partial charge on any atom is -0.337 e. The summed E-state index contributed by atoms with van der Waals surface area (Å²) in [5.41, 5.74) is 2.71. The van der Waals surface area contributed by atoms with E-state index in [1.54, 1.807) is 4.90 Å². The number of thiophene rings is 1. The van der Waals surface area contributed by atoms with Gasteiger partial charge in [-0.05, 0) is 48.4 Å². The number of nitrogens with one attached hydrogen (secondary N) is 1. The molecule has 0 bridgehead atoms. The molecule has 0 saturated carbocycles. The number of hydrogen-bond donors (Lipinski definition) is 1. The van der Waals surface area contributed by atoms with Crippen LogP contribution < -0.4 is 5.32 Å². The van der Waals surface area contributed by atoms with E-state index in [9.17, 15) is 18.0 Å². The van der Waals surface area contributed by atoms with Gasteiger partial charge in [0.1, 0.15) is 15.8 Å². The molecule has 0 atom stereocenters. The predicted octanol–water partition coefficient (Wildman–Crippen LogP) is 5.00. The summed E-state index contributed by atoms with van der Waals surface area (Å²) in [4.78, 5) is 32.4. The van der Waals surface area contributed by atoms with Crippen LogP contribution in [0.3, 0.4) is 0 Å². The minimum absolute atomic E-state index is 0.00905. The van der Waals surface area contributed by atoms with Crippen molar-refractivity contribution in [1.82, 2.24) is 9.88 Å². The molecule has 0 aliphatic carbocycles. The first-order valence-electron chi connectivity index (χ1n) is 10.8. The van der Waals surface area contributed by atoms with E-state index in [4.69, 9.17) is 16.6 Å². The third kappa shape index (κ3) is 4.84. The first kappa shape index (κ1) is 23.9. The Morgan fingerprint density at radius 1 is 1.11 bits per heavy atom. The number of fused-ring (bicyclic) bond motifs is 2. The number of halogens is 1. The van der Waals surface area contributed by atoms with E-state index in [2.05, 4.69) is 5.32 Å². The lowest BCUT2D eigenvalue weighted by Crippen LogP contribution is -2.33. The van der Waals surface area contributed by atoms with E-state index in [1.807, 2.05) is 24.3 Å². The maximum Gasteiger partial charge on any atom is 0.240 e. The molecule has 35 heavy (non-hydrogen) atoms. The van der Waals surface area contributed by atoms with Gasteiger partial charge in [0.25, 0.3) is 0 Å². The van der Waals surface area contributed by atoms with Gasteiger partial charge in [-0.3, -0.25) is 9.59 Å². The van der Waals surface area contributed by atoms with Crippen molar-refractivity contribution < 1.29 is 18.0 Å². The Hall–Kier alpha value is -2.79. The van der Waals surface area contributed by atoms with Gasteiger partial charge in [0.2, 0.25) is 11.8 Å². The Balaban J connectivity index is 1.50. The zero-order valence-corrected chi connectivity index (χ0v) is 21.8. The van der Waals surface area contributed by atoms with Crippen LogP contribution in [0.2, 0.25) is 5.02 Å². The number of sulfone groups is 1. The first-order valence-corrected chi connectivity index (χ1v) is 14.4. The Labute approximate surface area is 215 Å². The third-order valence-electron chi connectivity index (χ3n) is 5.76. The van der Waals surface area contributed by atoms with Crippen LogP contribution in [0.4, 0.5) is 5.00 Å². The van der Waals surface area contributed by atoms with Crippen LogP contribution in [0.25, 0.3) is 20.8 Å². The molecule has 1 aliphatic heterocycles. The SMILES string of the molecule is CC(=O)N1CCc2c(sc(NC(=O)CS(=O)(=O)c3ccc(Cl)cc3)c2-c2nc3ccccc3s2)C1. The average molecular weight is 546 g/mol. The monoisotopic (exact) mass is 545 g/mol. The number of benzene rings is 2. The fraction of sp³-hybridized carbons (Fsp3) is 0.208. The molecule has 0 fully saturated rings. The fourth-order valence-corrected chi connectivity index (χ4v) is 7.68. The smallest absolute Gasteiger partial charge is 0.240 e. The number of para-hydroxylation sites is 1. The van der Waals surface area contributed by atoms with E-state index < -0.39 is 21.5 Å². The summed E-state index contributed by atoms with van der Waals surface area (Å²) in [5, 5.41) is 4.56. The van der Waals surface area contributed by atoms with Gasteiger partial charge in [0.05, 0.1) is 21.7 Å². The molecule has 2 aromatic heterocycles. The maximum absolute atomic E-state index is 12.9. The lowest BCUT2D eigenvalue weighted by atomic mass is 10.0. The van der Waals surface area contributed by atoms with Gasteiger partial charge < -0.3 is 10.2 Å². The lowest BCUT2D eigenvalue weighted by Gasteiger charge is -2.26. The van der Waals surface area contributed by atoms with Gasteiger partial charge >= 0.3 is 0 Å². The zero-order valence-electron chi connectivity index (χ0n) is 18.6. The number of carbonyl (C=O) groups excluding carboxylic acids is 2. The Kier molecular flexibility index (Phi) is 6.39. The molecular weight excluding hydrogens is 526 g/mol. The quantitative estimate of drug-likeness (QED) is 0.381. The molecule has 7 nitrogen and oxygen atoms in total. The summed E-state index contributed by atoms with van der Waals surface area (Å²) < 4.78 is 26.6. The van der Waals surface area contributed by atoms with Crippen molar-refractivity contribution in [2.24, 2.45) is 0 Å². The fourth-order valence-electron chi connectivity index (χ4n) is 4.03. The predicted molar refractivity (Wildman–Crippen MR) is 140 cm³/mol. The van der Waals surface area contributed by atoms with Crippen LogP contribution in [-0.4, -0.2) is 42.4 Å². The van der Waals surface area contributed by atoms with E-state index in [0.717, 1.165) is 31.2 Å². The second kappa shape index (κ2) is 9.34. The molecule has 0 spiro atoms. The van der Waals surface area contributed by atoms with Gasteiger partial charge in [-0.15, -0.1) is 22.7 Å². The van der Waals surface area contributed by atoms with Crippen molar-refractivity contribution >= 4 is 71.1 Å². The van der Waals surface area contributed by atoms with Crippen molar-refractivity contribution in [2.45, 2.75) is 24.8 Å². The molecule has 3 heterocycles. The second-order valence-electron chi connectivity index (χ2n) is 8.15. The van der Waals surface area contributed by atoms with Crippen molar-refractivity contribution in [1.29, 1.82) is 0 Å². The van der Waals surface area contributed by atoms with Crippen LogP contribution in [0, 0.1) is 0 Å². The molecule has 2 aromatic carbocycles. The molecule has 0 unspecified atom stereocenters. The molecule has 1 aliphatic rings. The average Bonchev–Trinajstić information content (AvgIpc) is 3.38. The molecule has 5 rings (SSSR count). The number of aromatic nitrogens is 1. The highest BCUT2D eigenvalue weighted by atomic mass is 35.5. The zero-order chi connectivity index (χ0) is 24.7. The third-order valence-corrected chi connectivity index (χ3v) is 9.83. The van der Waals surface area contributed by atoms with Crippen molar-refractivity contribution in [3.63, 3.8) is 0 Å². The standard InChI is InChI=1S/C24H20ClN3O4S3/c1-14(29)28-11-10-17-20(12-28)34-24(22(17)23-26-18-4-2-3-5-19(18)33-23)27-21(30)13-35(31,32)16-8-6-15(25)7-9-16/h2-9H,10-13H2,1H3,(H,27,30). The molecule has 180 valence electrons. The second-order valence-corrected chi connectivity index (χ2v) is 12.7. The van der Waals surface area contributed by atoms with Crippen molar-refractivity contribution in [2.75, 3.05) is 17.6 Å². The lowest BCUT2D eigenvalue weighted by molar-refractivity contribution is -0.129. The number of rotatable bonds is 5. The normalized spacial score (nSPS) is 13.6. The molecule has 0 radical (unpaired) electrons. The molecule has 1 N–H and O–H groups in total. The van der Waals surface area contributed by atoms with E-state index in [1.165, 1.54) is 53.9 Å². The summed E-state index contributed by atoms with van der Waals surface area (Å²) in [6, 6.07) is 13.5. The molecule has 4 aromatic rings. The molecule has 11 heteroatoms. The highest BCUT2D eigenvalue weighted by Crippen LogP contribution is 2.45. The van der Waals surface area contributed by atoms with Gasteiger partial charge in [-0.25, -0.2) is 13.4 Å². The van der Waals surface area contributed by atoms with Crippen LogP contribution in [0.5, 0.6) is 0 Å². The number of nitrogens with zero attached hydrogens (tertiary/aromatic N) is 2. The number of thiazole rings is 1. The van der Waals surface area contributed by atoms with Crippen LogP contribution >= 0.6 is 34.3 Å². The van der Waals surface area contributed by atoms with Crippen molar-refractivity contribution in [3.8, 4) is 10.6 Å². The van der Waals surface area contributed by atoms with Gasteiger partial charge in [-0.2, -0.15) is 0 Å².